The summed E-state index contributed by atoms with van der Waals surface area (Å²) in [4.78, 5) is 31.9. The number of anilines is 2. The fourth-order valence-corrected chi connectivity index (χ4v) is 3.07. The molecule has 0 atom stereocenters. The minimum Gasteiger partial charge on any atom is -0.355 e. The second-order valence-electron chi connectivity index (χ2n) is 6.01. The number of hydrogen-bond donors (Lipinski definition) is 2. The third-order valence-electron chi connectivity index (χ3n) is 4.29. The molecule has 0 aliphatic carbocycles. The number of aromatic nitrogens is 1. The highest BCUT2D eigenvalue weighted by atomic mass is 35.5. The molecule has 1 saturated heterocycles. The molecule has 0 radical (unpaired) electrons. The van der Waals surface area contributed by atoms with Crippen molar-refractivity contribution >= 4 is 35.0 Å². The van der Waals surface area contributed by atoms with Crippen LogP contribution in [0.25, 0.3) is 0 Å². The topological polar surface area (TPSA) is 77.6 Å². The zero-order valence-electron chi connectivity index (χ0n) is 14.7. The number of amides is 3. The molecular formula is C18H19ClFN5O2. The predicted octanol–water partition coefficient (Wildman–Crippen LogP) is 2.59. The van der Waals surface area contributed by atoms with Gasteiger partial charge in [0, 0.05) is 38.9 Å². The van der Waals surface area contributed by atoms with Crippen LogP contribution in [0.2, 0.25) is 5.02 Å². The van der Waals surface area contributed by atoms with Crippen LogP contribution in [0.5, 0.6) is 0 Å². The molecule has 1 fully saturated rings. The molecule has 1 aliphatic rings. The standard InChI is InChI=1S/C18H19ClFN5O2/c1-21-17(26)14-4-3-13(10-15(14)19)23-18(27)25-8-6-24(7-9-25)16-5-2-12(20)11-22-16/h2-5,10-11H,6-9H2,1H3,(H,21,26)(H,23,27). The number of urea groups is 1. The van der Waals surface area contributed by atoms with Gasteiger partial charge < -0.3 is 20.4 Å². The van der Waals surface area contributed by atoms with Crippen LogP contribution in [0.1, 0.15) is 10.4 Å². The molecule has 9 heteroatoms. The molecule has 27 heavy (non-hydrogen) atoms. The van der Waals surface area contributed by atoms with Crippen molar-refractivity contribution in [1.29, 1.82) is 0 Å². The quantitative estimate of drug-likeness (QED) is 0.843. The number of carbonyl (C=O) groups is 2. The lowest BCUT2D eigenvalue weighted by Crippen LogP contribution is -2.50. The van der Waals surface area contributed by atoms with Crippen LogP contribution in [0.3, 0.4) is 0 Å². The van der Waals surface area contributed by atoms with Gasteiger partial charge in [-0.3, -0.25) is 4.79 Å². The van der Waals surface area contributed by atoms with Gasteiger partial charge in [0.2, 0.25) is 0 Å². The molecule has 1 aromatic heterocycles. The Hall–Kier alpha value is -2.87. The van der Waals surface area contributed by atoms with Crippen LogP contribution < -0.4 is 15.5 Å². The van der Waals surface area contributed by atoms with E-state index in [-0.39, 0.29) is 22.8 Å². The van der Waals surface area contributed by atoms with Gasteiger partial charge in [-0.05, 0) is 30.3 Å². The second kappa shape index (κ2) is 8.22. The lowest BCUT2D eigenvalue weighted by molar-refractivity contribution is 0.0963. The van der Waals surface area contributed by atoms with Gasteiger partial charge in [0.05, 0.1) is 16.8 Å². The molecule has 2 N–H and O–H groups in total. The number of halogens is 2. The fraction of sp³-hybridized carbons (Fsp3) is 0.278. The van der Waals surface area contributed by atoms with E-state index in [0.717, 1.165) is 0 Å². The summed E-state index contributed by atoms with van der Waals surface area (Å²) in [7, 11) is 1.52. The summed E-state index contributed by atoms with van der Waals surface area (Å²) in [6.07, 6.45) is 1.18. The summed E-state index contributed by atoms with van der Waals surface area (Å²) in [5, 5.41) is 5.55. The van der Waals surface area contributed by atoms with Gasteiger partial charge in [-0.25, -0.2) is 14.2 Å². The van der Waals surface area contributed by atoms with E-state index in [0.29, 0.717) is 43.2 Å². The predicted molar refractivity (Wildman–Crippen MR) is 102 cm³/mol. The first-order valence-electron chi connectivity index (χ1n) is 8.42. The number of carbonyl (C=O) groups excluding carboxylic acids is 2. The summed E-state index contributed by atoms with van der Waals surface area (Å²) in [5.41, 5.74) is 0.859. The van der Waals surface area contributed by atoms with Gasteiger partial charge >= 0.3 is 6.03 Å². The van der Waals surface area contributed by atoms with Crippen molar-refractivity contribution in [2.24, 2.45) is 0 Å². The normalized spacial score (nSPS) is 14.0. The largest absolute Gasteiger partial charge is 0.355 e. The van der Waals surface area contributed by atoms with E-state index >= 15 is 0 Å². The summed E-state index contributed by atoms with van der Waals surface area (Å²) < 4.78 is 13.0. The maximum atomic E-state index is 13.0. The molecule has 7 nitrogen and oxygen atoms in total. The van der Waals surface area contributed by atoms with E-state index in [4.69, 9.17) is 11.6 Å². The minimum absolute atomic E-state index is 0.245. The Bertz CT molecular complexity index is 838. The third-order valence-corrected chi connectivity index (χ3v) is 4.61. The average molecular weight is 392 g/mol. The Labute approximate surface area is 161 Å². The summed E-state index contributed by atoms with van der Waals surface area (Å²) in [6, 6.07) is 7.49. The molecule has 2 heterocycles. The highest BCUT2D eigenvalue weighted by Gasteiger charge is 2.22. The van der Waals surface area contributed by atoms with Crippen LogP contribution in [0.15, 0.2) is 36.5 Å². The molecule has 0 spiro atoms. The number of piperazine rings is 1. The van der Waals surface area contributed by atoms with Crippen molar-refractivity contribution in [1.82, 2.24) is 15.2 Å². The first kappa shape index (κ1) is 18.9. The van der Waals surface area contributed by atoms with Crippen LogP contribution in [0, 0.1) is 5.82 Å². The van der Waals surface area contributed by atoms with Gasteiger partial charge in [0.15, 0.2) is 0 Å². The SMILES string of the molecule is CNC(=O)c1ccc(NC(=O)N2CCN(c3ccc(F)cn3)CC2)cc1Cl. The number of nitrogens with zero attached hydrogens (tertiary/aromatic N) is 3. The van der Waals surface area contributed by atoms with Crippen LogP contribution in [-0.4, -0.2) is 55.0 Å². The first-order valence-corrected chi connectivity index (χ1v) is 8.80. The van der Waals surface area contributed by atoms with Crippen LogP contribution in [-0.2, 0) is 0 Å². The van der Waals surface area contributed by atoms with Crippen molar-refractivity contribution in [2.75, 3.05) is 43.4 Å². The molecule has 0 bridgehead atoms. The Morgan fingerprint density at radius 3 is 2.48 bits per heavy atom. The number of nitrogens with one attached hydrogen (secondary N) is 2. The number of pyridine rings is 1. The Balaban J connectivity index is 1.57. The van der Waals surface area contributed by atoms with Crippen molar-refractivity contribution in [2.45, 2.75) is 0 Å². The van der Waals surface area contributed by atoms with E-state index in [2.05, 4.69) is 15.6 Å². The minimum atomic E-state index is -0.377. The van der Waals surface area contributed by atoms with E-state index in [9.17, 15) is 14.0 Å². The summed E-state index contributed by atoms with van der Waals surface area (Å²) >= 11 is 6.10. The van der Waals surface area contributed by atoms with E-state index in [1.807, 2.05) is 4.90 Å². The highest BCUT2D eigenvalue weighted by molar-refractivity contribution is 6.34. The lowest BCUT2D eigenvalue weighted by atomic mass is 10.2. The molecule has 142 valence electrons. The maximum absolute atomic E-state index is 13.0. The monoisotopic (exact) mass is 391 g/mol. The van der Waals surface area contributed by atoms with Gasteiger partial charge in [-0.1, -0.05) is 11.6 Å². The molecular weight excluding hydrogens is 373 g/mol. The zero-order chi connectivity index (χ0) is 19.4. The van der Waals surface area contributed by atoms with E-state index < -0.39 is 0 Å². The molecule has 0 saturated carbocycles. The highest BCUT2D eigenvalue weighted by Crippen LogP contribution is 2.21. The van der Waals surface area contributed by atoms with Crippen molar-refractivity contribution < 1.29 is 14.0 Å². The Morgan fingerprint density at radius 2 is 1.89 bits per heavy atom. The Kier molecular flexibility index (Phi) is 5.75. The number of benzene rings is 1. The smallest absolute Gasteiger partial charge is 0.321 e. The van der Waals surface area contributed by atoms with Gasteiger partial charge in [0.25, 0.3) is 5.91 Å². The fourth-order valence-electron chi connectivity index (χ4n) is 2.81. The molecule has 3 rings (SSSR count). The first-order chi connectivity index (χ1) is 13.0. The van der Waals surface area contributed by atoms with E-state index in [1.165, 1.54) is 19.3 Å². The van der Waals surface area contributed by atoms with Crippen molar-refractivity contribution in [3.8, 4) is 0 Å². The van der Waals surface area contributed by atoms with Crippen LogP contribution in [0.4, 0.5) is 20.7 Å². The van der Waals surface area contributed by atoms with E-state index in [1.54, 1.807) is 29.2 Å². The molecule has 2 aromatic rings. The summed E-state index contributed by atoms with van der Waals surface area (Å²) in [6.45, 7) is 2.22. The number of hydrogen-bond acceptors (Lipinski definition) is 4. The van der Waals surface area contributed by atoms with Crippen LogP contribution >= 0.6 is 11.6 Å². The average Bonchev–Trinajstić information content (AvgIpc) is 2.68. The lowest BCUT2D eigenvalue weighted by Gasteiger charge is -2.35. The third kappa shape index (κ3) is 4.46. The molecule has 1 aliphatic heterocycles. The molecule has 3 amide bonds. The van der Waals surface area contributed by atoms with Crippen molar-refractivity contribution in [3.63, 3.8) is 0 Å². The second-order valence-corrected chi connectivity index (χ2v) is 6.42. The van der Waals surface area contributed by atoms with Gasteiger partial charge in [-0.15, -0.1) is 0 Å². The Morgan fingerprint density at radius 1 is 1.15 bits per heavy atom. The van der Waals surface area contributed by atoms with Crippen molar-refractivity contribution in [3.05, 3.63) is 52.9 Å². The summed E-state index contributed by atoms with van der Waals surface area (Å²) in [5.74, 6) is 0.0225. The van der Waals surface area contributed by atoms with Gasteiger partial charge in [0.1, 0.15) is 11.6 Å². The van der Waals surface area contributed by atoms with Gasteiger partial charge in [-0.2, -0.15) is 0 Å². The maximum Gasteiger partial charge on any atom is 0.321 e. The molecule has 1 aromatic carbocycles. The molecule has 0 unspecified atom stereocenters. The zero-order valence-corrected chi connectivity index (χ0v) is 15.5. The number of rotatable bonds is 3.